The molecule has 2 aromatic rings. The van der Waals surface area contributed by atoms with E-state index in [1.165, 1.54) is 11.1 Å². The highest BCUT2D eigenvalue weighted by Crippen LogP contribution is 2.29. The number of nitrogens with two attached hydrogens (primary N) is 1. The Morgan fingerprint density at radius 1 is 1.20 bits per heavy atom. The van der Waals surface area contributed by atoms with Gasteiger partial charge in [0.2, 0.25) is 0 Å². The monoisotopic (exact) mass is 333 g/mol. The van der Waals surface area contributed by atoms with Crippen molar-refractivity contribution in [2.75, 3.05) is 0 Å². The van der Waals surface area contributed by atoms with Gasteiger partial charge in [-0.1, -0.05) is 46.6 Å². The fraction of sp³-hybridized carbons (Fsp3) is 0.294. The predicted octanol–water partition coefficient (Wildman–Crippen LogP) is 4.83. The van der Waals surface area contributed by atoms with E-state index in [2.05, 4.69) is 41.9 Å². The van der Waals surface area contributed by atoms with E-state index in [0.717, 1.165) is 28.8 Å². The first-order valence-corrected chi connectivity index (χ1v) is 7.66. The van der Waals surface area contributed by atoms with Crippen LogP contribution >= 0.6 is 15.9 Å². The molecule has 0 bridgehead atoms. The lowest BCUT2D eigenvalue weighted by molar-refractivity contribution is 0.471. The van der Waals surface area contributed by atoms with E-state index < -0.39 is 0 Å². The zero-order valence-corrected chi connectivity index (χ0v) is 13.5. The van der Waals surface area contributed by atoms with E-state index >= 15 is 0 Å². The van der Waals surface area contributed by atoms with Crippen LogP contribution in [-0.4, -0.2) is 6.04 Å². The molecule has 0 aromatic heterocycles. The molecule has 0 spiro atoms. The molecule has 1 atom stereocenters. The van der Waals surface area contributed by atoms with Crippen LogP contribution < -0.4 is 10.5 Å². The maximum absolute atomic E-state index is 6.08. The molecule has 2 N–H and O–H groups in total. The zero-order chi connectivity index (χ0) is 14.5. The quantitative estimate of drug-likeness (QED) is 0.850. The average Bonchev–Trinajstić information content (AvgIpc) is 2.42. The number of ether oxygens (including phenoxy) is 1. The van der Waals surface area contributed by atoms with Crippen LogP contribution in [0.5, 0.6) is 11.5 Å². The van der Waals surface area contributed by atoms with Gasteiger partial charge in [0.1, 0.15) is 11.5 Å². The minimum absolute atomic E-state index is 0.168. The highest BCUT2D eigenvalue weighted by Gasteiger charge is 2.09. The molecule has 0 aliphatic carbocycles. The van der Waals surface area contributed by atoms with Crippen molar-refractivity contribution in [1.29, 1.82) is 0 Å². The molecule has 0 fully saturated rings. The van der Waals surface area contributed by atoms with Crippen LogP contribution in [0, 0.1) is 6.92 Å². The van der Waals surface area contributed by atoms with Gasteiger partial charge in [0.05, 0.1) is 0 Å². The van der Waals surface area contributed by atoms with Gasteiger partial charge >= 0.3 is 0 Å². The van der Waals surface area contributed by atoms with Gasteiger partial charge in [-0.15, -0.1) is 0 Å². The van der Waals surface area contributed by atoms with Crippen molar-refractivity contribution >= 4 is 15.9 Å². The summed E-state index contributed by atoms with van der Waals surface area (Å²) in [4.78, 5) is 0. The molecule has 0 heterocycles. The highest BCUT2D eigenvalue weighted by molar-refractivity contribution is 9.10. The van der Waals surface area contributed by atoms with E-state index in [9.17, 15) is 0 Å². The van der Waals surface area contributed by atoms with Gasteiger partial charge in [-0.2, -0.15) is 0 Å². The minimum Gasteiger partial charge on any atom is -0.457 e. The number of benzene rings is 2. The van der Waals surface area contributed by atoms with Crippen molar-refractivity contribution in [2.24, 2.45) is 5.73 Å². The van der Waals surface area contributed by atoms with Crippen molar-refractivity contribution in [3.8, 4) is 11.5 Å². The third kappa shape index (κ3) is 4.09. The molecule has 2 rings (SSSR count). The second-order valence-electron chi connectivity index (χ2n) is 5.04. The molecular weight excluding hydrogens is 314 g/mol. The summed E-state index contributed by atoms with van der Waals surface area (Å²) >= 11 is 3.46. The van der Waals surface area contributed by atoms with Gasteiger partial charge in [0, 0.05) is 10.5 Å². The summed E-state index contributed by atoms with van der Waals surface area (Å²) < 4.78 is 7.01. The van der Waals surface area contributed by atoms with Crippen LogP contribution in [0.1, 0.15) is 24.5 Å². The largest absolute Gasteiger partial charge is 0.457 e. The average molecular weight is 334 g/mol. The molecule has 106 valence electrons. The van der Waals surface area contributed by atoms with Crippen molar-refractivity contribution in [2.45, 2.75) is 32.7 Å². The summed E-state index contributed by atoms with van der Waals surface area (Å²) in [6, 6.07) is 14.3. The standard InChI is InChI=1S/C17H20BrNO/c1-3-15(19)10-13-9-12(2)7-8-17(13)20-16-6-4-5-14(18)11-16/h4-9,11,15H,3,10,19H2,1-2H3. The highest BCUT2D eigenvalue weighted by atomic mass is 79.9. The van der Waals surface area contributed by atoms with Gasteiger partial charge in [-0.3, -0.25) is 0 Å². The van der Waals surface area contributed by atoms with E-state index in [4.69, 9.17) is 10.5 Å². The van der Waals surface area contributed by atoms with Crippen LogP contribution in [0.4, 0.5) is 0 Å². The van der Waals surface area contributed by atoms with Crippen molar-refractivity contribution in [3.05, 3.63) is 58.1 Å². The molecule has 2 nitrogen and oxygen atoms in total. The summed E-state index contributed by atoms with van der Waals surface area (Å²) in [5.74, 6) is 1.71. The number of hydrogen-bond acceptors (Lipinski definition) is 2. The number of halogens is 1. The first kappa shape index (κ1) is 15.1. The Labute approximate surface area is 129 Å². The molecule has 0 radical (unpaired) electrons. The van der Waals surface area contributed by atoms with Crippen LogP contribution in [0.3, 0.4) is 0 Å². The fourth-order valence-electron chi connectivity index (χ4n) is 2.05. The third-order valence-corrected chi connectivity index (χ3v) is 3.74. The minimum atomic E-state index is 0.168. The fourth-order valence-corrected chi connectivity index (χ4v) is 2.43. The lowest BCUT2D eigenvalue weighted by Crippen LogP contribution is -2.21. The Bertz CT molecular complexity index is 583. The molecule has 0 aliphatic heterocycles. The first-order valence-electron chi connectivity index (χ1n) is 6.87. The van der Waals surface area contributed by atoms with E-state index in [1.54, 1.807) is 0 Å². The first-order chi connectivity index (χ1) is 9.58. The SMILES string of the molecule is CCC(N)Cc1cc(C)ccc1Oc1cccc(Br)c1. The summed E-state index contributed by atoms with van der Waals surface area (Å²) in [6.07, 6.45) is 1.80. The lowest BCUT2D eigenvalue weighted by atomic mass is 10.0. The van der Waals surface area contributed by atoms with Crippen molar-refractivity contribution in [3.63, 3.8) is 0 Å². The van der Waals surface area contributed by atoms with E-state index in [-0.39, 0.29) is 6.04 Å². The molecule has 0 saturated heterocycles. The Kier molecular flexibility index (Phi) is 5.21. The van der Waals surface area contributed by atoms with Gasteiger partial charge in [0.25, 0.3) is 0 Å². The molecule has 0 saturated carbocycles. The Morgan fingerprint density at radius 2 is 2.00 bits per heavy atom. The molecule has 3 heteroatoms. The summed E-state index contributed by atoms with van der Waals surface area (Å²) in [6.45, 7) is 4.19. The second-order valence-corrected chi connectivity index (χ2v) is 5.96. The zero-order valence-electron chi connectivity index (χ0n) is 11.9. The lowest BCUT2D eigenvalue weighted by Gasteiger charge is -2.15. The van der Waals surface area contributed by atoms with Crippen LogP contribution in [-0.2, 0) is 6.42 Å². The summed E-state index contributed by atoms with van der Waals surface area (Å²) in [5, 5.41) is 0. The Balaban J connectivity index is 2.26. The molecule has 0 aliphatic rings. The Morgan fingerprint density at radius 3 is 2.70 bits per heavy atom. The molecule has 1 unspecified atom stereocenters. The number of aryl methyl sites for hydroxylation is 1. The van der Waals surface area contributed by atoms with Gasteiger partial charge < -0.3 is 10.5 Å². The molecule has 2 aromatic carbocycles. The Hall–Kier alpha value is -1.32. The van der Waals surface area contributed by atoms with Crippen LogP contribution in [0.15, 0.2) is 46.9 Å². The smallest absolute Gasteiger partial charge is 0.130 e. The number of rotatable bonds is 5. The van der Waals surface area contributed by atoms with Crippen molar-refractivity contribution < 1.29 is 4.74 Å². The summed E-state index contributed by atoms with van der Waals surface area (Å²) in [5.41, 5.74) is 8.47. The third-order valence-electron chi connectivity index (χ3n) is 3.25. The molecular formula is C17H20BrNO. The second kappa shape index (κ2) is 6.91. The molecule has 0 amide bonds. The van der Waals surface area contributed by atoms with Crippen LogP contribution in [0.2, 0.25) is 0 Å². The van der Waals surface area contributed by atoms with Gasteiger partial charge in [0.15, 0.2) is 0 Å². The van der Waals surface area contributed by atoms with E-state index in [0.29, 0.717) is 0 Å². The topological polar surface area (TPSA) is 35.2 Å². The van der Waals surface area contributed by atoms with Gasteiger partial charge in [-0.25, -0.2) is 0 Å². The maximum atomic E-state index is 6.08. The predicted molar refractivity (Wildman–Crippen MR) is 87.4 cm³/mol. The van der Waals surface area contributed by atoms with E-state index in [1.807, 2.05) is 30.3 Å². The normalized spacial score (nSPS) is 12.2. The van der Waals surface area contributed by atoms with Crippen LogP contribution in [0.25, 0.3) is 0 Å². The summed E-state index contributed by atoms with van der Waals surface area (Å²) in [7, 11) is 0. The molecule has 20 heavy (non-hydrogen) atoms. The van der Waals surface area contributed by atoms with Crippen molar-refractivity contribution in [1.82, 2.24) is 0 Å². The van der Waals surface area contributed by atoms with Gasteiger partial charge in [-0.05, 0) is 49.6 Å². The number of hydrogen-bond donors (Lipinski definition) is 1. The maximum Gasteiger partial charge on any atom is 0.130 e.